The van der Waals surface area contributed by atoms with Gasteiger partial charge < -0.3 is 14.7 Å². The molecule has 1 heterocycles. The Bertz CT molecular complexity index is 1240. The van der Waals surface area contributed by atoms with Gasteiger partial charge >= 0.3 is 6.92 Å². The summed E-state index contributed by atoms with van der Waals surface area (Å²) in [7, 11) is 0. The van der Waals surface area contributed by atoms with Gasteiger partial charge in [-0.1, -0.05) is 49.3 Å². The van der Waals surface area contributed by atoms with Crippen LogP contribution in [0.15, 0.2) is 54.6 Å². The molecule has 4 rings (SSSR count). The molecule has 0 radical (unpaired) electrons. The fraction of sp³-hybridized carbons (Fsp3) is 0.208. The highest BCUT2D eigenvalue weighted by molar-refractivity contribution is 6.66. The van der Waals surface area contributed by atoms with Crippen LogP contribution in [-0.4, -0.2) is 35.2 Å². The van der Waals surface area contributed by atoms with Gasteiger partial charge in [0, 0.05) is 18.2 Å². The fourth-order valence-electron chi connectivity index (χ4n) is 3.87. The summed E-state index contributed by atoms with van der Waals surface area (Å²) in [6.45, 7) is 4.11. The highest BCUT2D eigenvalue weighted by atomic mass is 19.1. The molecular formula is C24H22BF3N2O2. The zero-order valence-electron chi connectivity index (χ0n) is 17.7. The Morgan fingerprint density at radius 2 is 1.78 bits per heavy atom. The third-order valence-electron chi connectivity index (χ3n) is 5.57. The van der Waals surface area contributed by atoms with Gasteiger partial charge in [0.15, 0.2) is 5.82 Å². The van der Waals surface area contributed by atoms with Crippen LogP contribution >= 0.6 is 0 Å². The number of halogens is 3. The van der Waals surface area contributed by atoms with Gasteiger partial charge in [-0.05, 0) is 24.0 Å². The SMILES string of the molecule is CCOB(C)c1ccc(C(CO)c2nc3c(F)c(-c4ccccc4F)c(F)cc3[nH]2)cc1. The Labute approximate surface area is 184 Å². The molecule has 0 saturated carbocycles. The summed E-state index contributed by atoms with van der Waals surface area (Å²) >= 11 is 0. The first-order valence-corrected chi connectivity index (χ1v) is 10.4. The summed E-state index contributed by atoms with van der Waals surface area (Å²) in [4.78, 5) is 7.21. The van der Waals surface area contributed by atoms with Crippen LogP contribution in [0, 0.1) is 17.5 Å². The molecule has 32 heavy (non-hydrogen) atoms. The minimum absolute atomic E-state index is 0.0679. The van der Waals surface area contributed by atoms with Crippen molar-refractivity contribution in [1.29, 1.82) is 0 Å². The highest BCUT2D eigenvalue weighted by Gasteiger charge is 2.24. The highest BCUT2D eigenvalue weighted by Crippen LogP contribution is 2.34. The number of aromatic nitrogens is 2. The quantitative estimate of drug-likeness (QED) is 0.414. The maximum atomic E-state index is 15.2. The predicted molar refractivity (Wildman–Crippen MR) is 120 cm³/mol. The molecule has 0 spiro atoms. The van der Waals surface area contributed by atoms with Crippen molar-refractivity contribution in [3.8, 4) is 11.1 Å². The first-order valence-electron chi connectivity index (χ1n) is 10.4. The Hall–Kier alpha value is -3.10. The van der Waals surface area contributed by atoms with Crippen molar-refractivity contribution in [2.45, 2.75) is 19.7 Å². The van der Waals surface area contributed by atoms with Crippen molar-refractivity contribution in [3.05, 3.63) is 83.4 Å². The monoisotopic (exact) mass is 438 g/mol. The number of imidazole rings is 1. The Morgan fingerprint density at radius 1 is 1.06 bits per heavy atom. The van der Waals surface area contributed by atoms with Gasteiger partial charge in [-0.25, -0.2) is 18.2 Å². The minimum Gasteiger partial charge on any atom is -0.431 e. The van der Waals surface area contributed by atoms with Gasteiger partial charge in [-0.15, -0.1) is 0 Å². The molecule has 0 aliphatic heterocycles. The predicted octanol–water partition coefficient (Wildman–Crippen LogP) is 4.64. The number of benzene rings is 3. The van der Waals surface area contributed by atoms with Crippen LogP contribution in [0.5, 0.6) is 0 Å². The van der Waals surface area contributed by atoms with Crippen molar-refractivity contribution in [1.82, 2.24) is 9.97 Å². The third kappa shape index (κ3) is 4.03. The molecule has 0 aliphatic rings. The van der Waals surface area contributed by atoms with E-state index in [0.717, 1.165) is 23.2 Å². The molecular weight excluding hydrogens is 416 g/mol. The number of nitrogens with one attached hydrogen (secondary N) is 1. The zero-order chi connectivity index (χ0) is 22.8. The second-order valence-electron chi connectivity index (χ2n) is 7.54. The zero-order valence-corrected chi connectivity index (χ0v) is 17.7. The van der Waals surface area contributed by atoms with E-state index < -0.39 is 28.9 Å². The largest absolute Gasteiger partial charge is 0.431 e. The number of H-pyrrole nitrogens is 1. The maximum absolute atomic E-state index is 15.2. The molecule has 1 aromatic heterocycles. The van der Waals surface area contributed by atoms with Crippen LogP contribution in [0.1, 0.15) is 24.2 Å². The molecule has 3 aromatic carbocycles. The third-order valence-corrected chi connectivity index (χ3v) is 5.57. The van der Waals surface area contributed by atoms with Gasteiger partial charge in [0.05, 0.1) is 23.6 Å². The first kappa shape index (κ1) is 22.1. The van der Waals surface area contributed by atoms with Crippen LogP contribution in [0.4, 0.5) is 13.2 Å². The molecule has 8 heteroatoms. The molecule has 2 N–H and O–H groups in total. The van der Waals surface area contributed by atoms with Gasteiger partial charge in [-0.2, -0.15) is 0 Å². The van der Waals surface area contributed by atoms with Gasteiger partial charge in [0.2, 0.25) is 0 Å². The second kappa shape index (κ2) is 9.18. The molecule has 164 valence electrons. The molecule has 4 nitrogen and oxygen atoms in total. The minimum atomic E-state index is -0.954. The van der Waals surface area contributed by atoms with E-state index in [1.807, 2.05) is 38.0 Å². The van der Waals surface area contributed by atoms with Gasteiger partial charge in [-0.3, -0.25) is 0 Å². The number of aromatic amines is 1. The van der Waals surface area contributed by atoms with E-state index in [2.05, 4.69) is 9.97 Å². The molecule has 0 saturated heterocycles. The van der Waals surface area contributed by atoms with Crippen molar-refractivity contribution < 1.29 is 22.9 Å². The molecule has 1 atom stereocenters. The van der Waals surface area contributed by atoms with E-state index >= 15 is 4.39 Å². The number of aliphatic hydroxyl groups is 1. The number of hydrogen-bond donors (Lipinski definition) is 2. The number of nitrogens with zero attached hydrogens (tertiary/aromatic N) is 1. The van der Waals surface area contributed by atoms with E-state index in [-0.39, 0.29) is 35.9 Å². The Morgan fingerprint density at radius 3 is 2.44 bits per heavy atom. The second-order valence-corrected chi connectivity index (χ2v) is 7.54. The summed E-state index contributed by atoms with van der Waals surface area (Å²) in [5.74, 6) is -2.86. The smallest absolute Gasteiger partial charge is 0.323 e. The van der Waals surface area contributed by atoms with E-state index in [1.54, 1.807) is 0 Å². The Kier molecular flexibility index (Phi) is 6.34. The summed E-state index contributed by atoms with van der Waals surface area (Å²) in [6.07, 6.45) is 0. The molecule has 0 bridgehead atoms. The molecule has 1 unspecified atom stereocenters. The van der Waals surface area contributed by atoms with E-state index in [4.69, 9.17) is 4.65 Å². The summed E-state index contributed by atoms with van der Waals surface area (Å²) in [5.41, 5.74) is 1.12. The molecule has 0 amide bonds. The molecule has 4 aromatic rings. The first-order chi connectivity index (χ1) is 15.4. The van der Waals surface area contributed by atoms with Crippen LogP contribution in [0.3, 0.4) is 0 Å². The maximum Gasteiger partial charge on any atom is 0.323 e. The van der Waals surface area contributed by atoms with Crippen molar-refractivity contribution in [2.24, 2.45) is 0 Å². The lowest BCUT2D eigenvalue weighted by atomic mass is 9.63. The van der Waals surface area contributed by atoms with Crippen molar-refractivity contribution in [2.75, 3.05) is 13.2 Å². The topological polar surface area (TPSA) is 58.1 Å². The summed E-state index contributed by atoms with van der Waals surface area (Å²) in [6, 6.07) is 14.0. The number of aliphatic hydroxyl groups excluding tert-OH is 1. The summed E-state index contributed by atoms with van der Waals surface area (Å²) < 4.78 is 49.7. The molecule has 0 fully saturated rings. The van der Waals surface area contributed by atoms with Gasteiger partial charge in [0.25, 0.3) is 0 Å². The Balaban J connectivity index is 1.74. The van der Waals surface area contributed by atoms with Crippen LogP contribution in [0.2, 0.25) is 6.82 Å². The standard InChI is InChI=1S/C24H22BF3N2O2/c1-3-32-25(2)15-10-8-14(9-11-15)17(13-31)24-29-20-12-19(27)21(22(28)23(20)30-24)16-6-4-5-7-18(16)26/h4-12,17,31H,3,13H2,1-2H3,(H,29,30). The number of fused-ring (bicyclic) bond motifs is 1. The normalized spacial score (nSPS) is 12.3. The average molecular weight is 438 g/mol. The lowest BCUT2D eigenvalue weighted by molar-refractivity contribution is 0.277. The average Bonchev–Trinajstić information content (AvgIpc) is 3.20. The molecule has 0 aliphatic carbocycles. The van der Waals surface area contributed by atoms with Gasteiger partial charge in [0.1, 0.15) is 23.0 Å². The van der Waals surface area contributed by atoms with Crippen LogP contribution < -0.4 is 5.46 Å². The van der Waals surface area contributed by atoms with Crippen LogP contribution in [-0.2, 0) is 4.65 Å². The fourth-order valence-corrected chi connectivity index (χ4v) is 3.87. The van der Waals surface area contributed by atoms with Crippen LogP contribution in [0.25, 0.3) is 22.2 Å². The van der Waals surface area contributed by atoms with E-state index in [0.29, 0.717) is 6.61 Å². The van der Waals surface area contributed by atoms with Crippen molar-refractivity contribution in [3.63, 3.8) is 0 Å². The van der Waals surface area contributed by atoms with Crippen molar-refractivity contribution >= 4 is 23.4 Å². The van der Waals surface area contributed by atoms with E-state index in [1.165, 1.54) is 18.2 Å². The summed E-state index contributed by atoms with van der Waals surface area (Å²) in [5, 5.41) is 10.0. The lowest BCUT2D eigenvalue weighted by Crippen LogP contribution is -2.30. The lowest BCUT2D eigenvalue weighted by Gasteiger charge is -2.14. The number of hydrogen-bond acceptors (Lipinski definition) is 3. The van der Waals surface area contributed by atoms with E-state index in [9.17, 15) is 13.9 Å². The number of rotatable bonds is 7.